The standard InChI is InChI=1S/C13H16ClNO3/c1-15-5-6-17-10(7-15)9-18-13-4-2-3-12(14)11(13)8-16/h2-4,8,10H,5-7,9H2,1H3. The van der Waals surface area contributed by atoms with Crippen molar-refractivity contribution in [2.45, 2.75) is 6.10 Å². The zero-order valence-electron chi connectivity index (χ0n) is 10.3. The molecule has 5 heteroatoms. The number of hydrogen-bond donors (Lipinski definition) is 0. The molecule has 1 aromatic rings. The number of aldehydes is 1. The molecule has 98 valence electrons. The Bertz CT molecular complexity index is 425. The van der Waals surface area contributed by atoms with Crippen molar-refractivity contribution in [2.75, 3.05) is 33.4 Å². The van der Waals surface area contributed by atoms with E-state index in [4.69, 9.17) is 21.1 Å². The minimum absolute atomic E-state index is 0.0298. The van der Waals surface area contributed by atoms with Crippen LogP contribution in [0.2, 0.25) is 5.02 Å². The number of ether oxygens (including phenoxy) is 2. The molecule has 1 aromatic carbocycles. The monoisotopic (exact) mass is 269 g/mol. The fraction of sp³-hybridized carbons (Fsp3) is 0.462. The molecule has 18 heavy (non-hydrogen) atoms. The summed E-state index contributed by atoms with van der Waals surface area (Å²) in [6.07, 6.45) is 0.744. The van der Waals surface area contributed by atoms with Crippen molar-refractivity contribution in [3.05, 3.63) is 28.8 Å². The second kappa shape index (κ2) is 6.18. The van der Waals surface area contributed by atoms with Crippen LogP contribution < -0.4 is 4.74 Å². The van der Waals surface area contributed by atoms with Crippen LogP contribution in [0.4, 0.5) is 0 Å². The number of carbonyl (C=O) groups is 1. The molecule has 0 N–H and O–H groups in total. The van der Waals surface area contributed by atoms with Crippen molar-refractivity contribution < 1.29 is 14.3 Å². The Hall–Kier alpha value is -1.10. The topological polar surface area (TPSA) is 38.8 Å². The largest absolute Gasteiger partial charge is 0.490 e. The van der Waals surface area contributed by atoms with Gasteiger partial charge in [-0.05, 0) is 19.2 Å². The van der Waals surface area contributed by atoms with Crippen LogP contribution in [-0.2, 0) is 4.74 Å². The van der Waals surface area contributed by atoms with E-state index in [2.05, 4.69) is 4.90 Å². The maximum Gasteiger partial charge on any atom is 0.155 e. The van der Waals surface area contributed by atoms with E-state index in [1.807, 2.05) is 7.05 Å². The van der Waals surface area contributed by atoms with E-state index in [9.17, 15) is 4.79 Å². The highest BCUT2D eigenvalue weighted by molar-refractivity contribution is 6.33. The van der Waals surface area contributed by atoms with Gasteiger partial charge >= 0.3 is 0 Å². The quantitative estimate of drug-likeness (QED) is 0.782. The van der Waals surface area contributed by atoms with Gasteiger partial charge in [0.1, 0.15) is 18.5 Å². The fourth-order valence-electron chi connectivity index (χ4n) is 1.91. The number of benzene rings is 1. The van der Waals surface area contributed by atoms with Crippen molar-refractivity contribution in [3.63, 3.8) is 0 Å². The average molecular weight is 270 g/mol. The van der Waals surface area contributed by atoms with Crippen molar-refractivity contribution >= 4 is 17.9 Å². The number of halogens is 1. The Morgan fingerprint density at radius 3 is 3.17 bits per heavy atom. The van der Waals surface area contributed by atoms with Crippen LogP contribution in [0, 0.1) is 0 Å². The summed E-state index contributed by atoms with van der Waals surface area (Å²) in [5, 5.41) is 0.407. The van der Waals surface area contributed by atoms with Crippen LogP contribution in [-0.4, -0.2) is 50.6 Å². The Balaban J connectivity index is 1.97. The summed E-state index contributed by atoms with van der Waals surface area (Å²) in [5.74, 6) is 0.509. The molecule has 1 heterocycles. The molecule has 1 atom stereocenters. The molecule has 1 saturated heterocycles. The lowest BCUT2D eigenvalue weighted by atomic mass is 10.2. The number of likely N-dealkylation sites (N-methyl/N-ethyl adjacent to an activating group) is 1. The van der Waals surface area contributed by atoms with E-state index >= 15 is 0 Å². The van der Waals surface area contributed by atoms with Crippen molar-refractivity contribution in [3.8, 4) is 5.75 Å². The molecule has 0 radical (unpaired) electrons. The number of morpholine rings is 1. The predicted octanol–water partition coefficient (Wildman–Crippen LogP) is 1.86. The van der Waals surface area contributed by atoms with Crippen molar-refractivity contribution in [1.82, 2.24) is 4.90 Å². The third-order valence-corrected chi connectivity index (χ3v) is 3.23. The lowest BCUT2D eigenvalue weighted by Gasteiger charge is -2.29. The SMILES string of the molecule is CN1CCOC(COc2cccc(Cl)c2C=O)C1. The molecule has 0 bridgehead atoms. The first-order valence-electron chi connectivity index (χ1n) is 5.87. The molecule has 4 nitrogen and oxygen atoms in total. The molecule has 0 amide bonds. The highest BCUT2D eigenvalue weighted by Gasteiger charge is 2.19. The van der Waals surface area contributed by atoms with E-state index in [0.29, 0.717) is 35.8 Å². The van der Waals surface area contributed by atoms with Crippen LogP contribution in [0.25, 0.3) is 0 Å². The maximum absolute atomic E-state index is 10.9. The third kappa shape index (κ3) is 3.22. The number of nitrogens with zero attached hydrogens (tertiary/aromatic N) is 1. The third-order valence-electron chi connectivity index (χ3n) is 2.90. The van der Waals surface area contributed by atoms with Gasteiger partial charge in [-0.15, -0.1) is 0 Å². The highest BCUT2D eigenvalue weighted by atomic mass is 35.5. The minimum Gasteiger partial charge on any atom is -0.490 e. The number of carbonyl (C=O) groups excluding carboxylic acids is 1. The summed E-state index contributed by atoms with van der Waals surface area (Å²) >= 11 is 5.92. The Morgan fingerprint density at radius 2 is 2.44 bits per heavy atom. The average Bonchev–Trinajstić information content (AvgIpc) is 2.36. The van der Waals surface area contributed by atoms with Crippen LogP contribution in [0.1, 0.15) is 10.4 Å². The molecule has 1 fully saturated rings. The van der Waals surface area contributed by atoms with Gasteiger partial charge in [0.25, 0.3) is 0 Å². The molecule has 0 saturated carbocycles. The molecule has 0 aliphatic carbocycles. The second-order valence-electron chi connectivity index (χ2n) is 4.34. The number of hydrogen-bond acceptors (Lipinski definition) is 4. The van der Waals surface area contributed by atoms with Gasteiger partial charge in [0.15, 0.2) is 6.29 Å². The summed E-state index contributed by atoms with van der Waals surface area (Å²) < 4.78 is 11.2. The molecular weight excluding hydrogens is 254 g/mol. The van der Waals surface area contributed by atoms with Crippen molar-refractivity contribution in [2.24, 2.45) is 0 Å². The van der Waals surface area contributed by atoms with E-state index in [-0.39, 0.29) is 6.10 Å². The summed E-state index contributed by atoms with van der Waals surface area (Å²) in [7, 11) is 2.05. The first-order chi connectivity index (χ1) is 8.70. The van der Waals surface area contributed by atoms with Gasteiger partial charge in [-0.2, -0.15) is 0 Å². The summed E-state index contributed by atoms with van der Waals surface area (Å²) in [5.41, 5.74) is 0.392. The van der Waals surface area contributed by atoms with Gasteiger partial charge in [0.2, 0.25) is 0 Å². The van der Waals surface area contributed by atoms with Crippen LogP contribution in [0.15, 0.2) is 18.2 Å². The Morgan fingerprint density at radius 1 is 1.61 bits per heavy atom. The summed E-state index contributed by atoms with van der Waals surface area (Å²) in [6, 6.07) is 5.17. The van der Waals surface area contributed by atoms with E-state index in [0.717, 1.165) is 13.1 Å². The molecular formula is C13H16ClNO3. The zero-order chi connectivity index (χ0) is 13.0. The summed E-state index contributed by atoms with van der Waals surface area (Å²) in [6.45, 7) is 2.90. The minimum atomic E-state index is 0.0298. The summed E-state index contributed by atoms with van der Waals surface area (Å²) in [4.78, 5) is 13.1. The maximum atomic E-state index is 10.9. The van der Waals surface area contributed by atoms with E-state index < -0.39 is 0 Å². The first kappa shape index (κ1) is 13.3. The predicted molar refractivity (Wildman–Crippen MR) is 69.6 cm³/mol. The smallest absolute Gasteiger partial charge is 0.155 e. The molecule has 0 spiro atoms. The van der Waals surface area contributed by atoms with Gasteiger partial charge in [-0.3, -0.25) is 4.79 Å². The van der Waals surface area contributed by atoms with E-state index in [1.54, 1.807) is 18.2 Å². The van der Waals surface area contributed by atoms with Crippen LogP contribution in [0.5, 0.6) is 5.75 Å². The van der Waals surface area contributed by atoms with Gasteiger partial charge in [-0.1, -0.05) is 17.7 Å². The van der Waals surface area contributed by atoms with Crippen LogP contribution in [0.3, 0.4) is 0 Å². The normalized spacial score (nSPS) is 20.7. The van der Waals surface area contributed by atoms with Gasteiger partial charge in [-0.25, -0.2) is 0 Å². The number of rotatable bonds is 4. The lowest BCUT2D eigenvalue weighted by Crippen LogP contribution is -2.42. The highest BCUT2D eigenvalue weighted by Crippen LogP contribution is 2.24. The molecule has 0 aromatic heterocycles. The Kier molecular flexibility index (Phi) is 4.58. The fourth-order valence-corrected chi connectivity index (χ4v) is 2.12. The second-order valence-corrected chi connectivity index (χ2v) is 4.74. The Labute approximate surface area is 111 Å². The van der Waals surface area contributed by atoms with Gasteiger partial charge < -0.3 is 14.4 Å². The van der Waals surface area contributed by atoms with Crippen LogP contribution >= 0.6 is 11.6 Å². The molecule has 1 aliphatic heterocycles. The lowest BCUT2D eigenvalue weighted by molar-refractivity contribution is -0.0404. The molecule has 1 unspecified atom stereocenters. The van der Waals surface area contributed by atoms with E-state index in [1.165, 1.54) is 0 Å². The van der Waals surface area contributed by atoms with Crippen molar-refractivity contribution in [1.29, 1.82) is 0 Å². The zero-order valence-corrected chi connectivity index (χ0v) is 11.0. The van der Waals surface area contributed by atoms with Gasteiger partial charge in [0.05, 0.1) is 17.2 Å². The van der Waals surface area contributed by atoms with Gasteiger partial charge in [0, 0.05) is 13.1 Å². The molecule has 1 aliphatic rings. The molecule has 2 rings (SSSR count). The first-order valence-corrected chi connectivity index (χ1v) is 6.25.